The topological polar surface area (TPSA) is 50.3 Å². The minimum absolute atomic E-state index is 0.226. The highest BCUT2D eigenvalue weighted by atomic mass is 32.2. The number of rotatable bonds is 6. The Kier molecular flexibility index (Phi) is 6.06. The molecule has 0 unspecified atom stereocenters. The predicted octanol–water partition coefficient (Wildman–Crippen LogP) is 1.97. The standard InChI is InChI=1S/C14H24N4OS/c1-11(2)9-18-6-7-19-12(10-18)8-15-13-4-5-14(20-3)17-16-13/h4-5,11-12H,6-10H2,1-3H3,(H,15,16)/t12-/m0/s1. The zero-order valence-electron chi connectivity index (χ0n) is 12.5. The molecule has 0 radical (unpaired) electrons. The Morgan fingerprint density at radius 2 is 2.30 bits per heavy atom. The Morgan fingerprint density at radius 3 is 2.95 bits per heavy atom. The van der Waals surface area contributed by atoms with Crippen molar-refractivity contribution in [2.75, 3.05) is 44.4 Å². The van der Waals surface area contributed by atoms with Gasteiger partial charge in [-0.2, -0.15) is 0 Å². The Labute approximate surface area is 125 Å². The highest BCUT2D eigenvalue weighted by molar-refractivity contribution is 7.98. The molecule has 2 rings (SSSR count). The van der Waals surface area contributed by atoms with E-state index in [-0.39, 0.29) is 6.10 Å². The molecule has 6 heteroatoms. The SMILES string of the molecule is CSc1ccc(NC[C@H]2CN(CC(C)C)CCO2)nn1. The largest absolute Gasteiger partial charge is 0.374 e. The van der Waals surface area contributed by atoms with Crippen LogP contribution in [0.4, 0.5) is 5.82 Å². The van der Waals surface area contributed by atoms with E-state index < -0.39 is 0 Å². The van der Waals surface area contributed by atoms with E-state index in [0.29, 0.717) is 5.92 Å². The number of ether oxygens (including phenoxy) is 1. The number of morpholine rings is 1. The highest BCUT2D eigenvalue weighted by Gasteiger charge is 2.20. The molecule has 1 fully saturated rings. The highest BCUT2D eigenvalue weighted by Crippen LogP contribution is 2.12. The van der Waals surface area contributed by atoms with E-state index >= 15 is 0 Å². The molecule has 0 aromatic carbocycles. The van der Waals surface area contributed by atoms with Crippen LogP contribution in [0.25, 0.3) is 0 Å². The summed E-state index contributed by atoms with van der Waals surface area (Å²) in [6.45, 7) is 9.27. The Morgan fingerprint density at radius 1 is 1.45 bits per heavy atom. The number of nitrogens with one attached hydrogen (secondary N) is 1. The summed E-state index contributed by atoms with van der Waals surface area (Å²) < 4.78 is 5.80. The summed E-state index contributed by atoms with van der Waals surface area (Å²) in [6.07, 6.45) is 2.22. The molecule has 1 aliphatic heterocycles. The fourth-order valence-electron chi connectivity index (χ4n) is 2.33. The third kappa shape index (κ3) is 4.92. The summed E-state index contributed by atoms with van der Waals surface area (Å²) in [6, 6.07) is 3.94. The van der Waals surface area contributed by atoms with Gasteiger partial charge in [0.2, 0.25) is 0 Å². The summed E-state index contributed by atoms with van der Waals surface area (Å²) in [5.74, 6) is 1.51. The minimum Gasteiger partial charge on any atom is -0.374 e. The van der Waals surface area contributed by atoms with E-state index in [1.807, 2.05) is 18.4 Å². The number of nitrogens with zero attached hydrogens (tertiary/aromatic N) is 3. The number of thioether (sulfide) groups is 1. The molecular formula is C14H24N4OS. The van der Waals surface area contributed by atoms with Gasteiger partial charge in [-0.25, -0.2) is 0 Å². The average Bonchev–Trinajstić information content (AvgIpc) is 2.45. The van der Waals surface area contributed by atoms with Gasteiger partial charge in [0.1, 0.15) is 10.8 Å². The maximum Gasteiger partial charge on any atom is 0.148 e. The fraction of sp³-hybridized carbons (Fsp3) is 0.714. The van der Waals surface area contributed by atoms with Crippen LogP contribution in [0.3, 0.4) is 0 Å². The lowest BCUT2D eigenvalue weighted by molar-refractivity contribution is -0.0244. The van der Waals surface area contributed by atoms with Crippen LogP contribution >= 0.6 is 11.8 Å². The van der Waals surface area contributed by atoms with Crippen LogP contribution in [0, 0.1) is 5.92 Å². The van der Waals surface area contributed by atoms with Crippen LogP contribution in [0.15, 0.2) is 17.2 Å². The van der Waals surface area contributed by atoms with Crippen molar-refractivity contribution in [3.05, 3.63) is 12.1 Å². The van der Waals surface area contributed by atoms with Gasteiger partial charge in [0.05, 0.1) is 12.7 Å². The summed E-state index contributed by atoms with van der Waals surface area (Å²) in [7, 11) is 0. The Hall–Kier alpha value is -0.850. The number of aromatic nitrogens is 2. The second kappa shape index (κ2) is 7.81. The first kappa shape index (κ1) is 15.5. The summed E-state index contributed by atoms with van der Waals surface area (Å²) >= 11 is 1.60. The minimum atomic E-state index is 0.226. The molecule has 1 aromatic heterocycles. The molecule has 0 aliphatic carbocycles. The van der Waals surface area contributed by atoms with Crippen molar-refractivity contribution in [1.29, 1.82) is 0 Å². The molecule has 2 heterocycles. The van der Waals surface area contributed by atoms with E-state index in [1.165, 1.54) is 0 Å². The summed E-state index contributed by atoms with van der Waals surface area (Å²) in [5.41, 5.74) is 0. The number of anilines is 1. The maximum absolute atomic E-state index is 5.80. The van der Waals surface area contributed by atoms with E-state index in [1.54, 1.807) is 11.8 Å². The summed E-state index contributed by atoms with van der Waals surface area (Å²) in [5, 5.41) is 12.5. The lowest BCUT2D eigenvalue weighted by Gasteiger charge is -2.34. The van der Waals surface area contributed by atoms with Gasteiger partial charge in [-0.15, -0.1) is 22.0 Å². The third-order valence-corrected chi connectivity index (χ3v) is 3.84. The molecule has 1 saturated heterocycles. The first-order valence-electron chi connectivity index (χ1n) is 7.13. The fourth-order valence-corrected chi connectivity index (χ4v) is 2.65. The van der Waals surface area contributed by atoms with Gasteiger partial charge in [-0.05, 0) is 24.3 Å². The first-order chi connectivity index (χ1) is 9.67. The maximum atomic E-state index is 5.80. The molecule has 0 bridgehead atoms. The van der Waals surface area contributed by atoms with Gasteiger partial charge in [0.15, 0.2) is 0 Å². The molecule has 1 atom stereocenters. The first-order valence-corrected chi connectivity index (χ1v) is 8.35. The van der Waals surface area contributed by atoms with Crippen LogP contribution in [0.5, 0.6) is 0 Å². The zero-order chi connectivity index (χ0) is 14.4. The van der Waals surface area contributed by atoms with E-state index in [9.17, 15) is 0 Å². The molecule has 0 spiro atoms. The van der Waals surface area contributed by atoms with Crippen molar-refractivity contribution in [3.8, 4) is 0 Å². The number of hydrogen-bond acceptors (Lipinski definition) is 6. The molecule has 5 nitrogen and oxygen atoms in total. The molecule has 1 aliphatic rings. The lowest BCUT2D eigenvalue weighted by Crippen LogP contribution is -2.46. The monoisotopic (exact) mass is 296 g/mol. The second-order valence-electron chi connectivity index (χ2n) is 5.49. The lowest BCUT2D eigenvalue weighted by atomic mass is 10.2. The van der Waals surface area contributed by atoms with Crippen LogP contribution in [0.1, 0.15) is 13.8 Å². The van der Waals surface area contributed by atoms with Gasteiger partial charge in [-0.3, -0.25) is 4.90 Å². The molecule has 1 N–H and O–H groups in total. The quantitative estimate of drug-likeness (QED) is 0.810. The summed E-state index contributed by atoms with van der Waals surface area (Å²) in [4.78, 5) is 2.48. The molecule has 20 heavy (non-hydrogen) atoms. The normalized spacial score (nSPS) is 20.3. The van der Waals surface area contributed by atoms with Crippen LogP contribution in [0.2, 0.25) is 0 Å². The van der Waals surface area contributed by atoms with E-state index in [4.69, 9.17) is 4.74 Å². The third-order valence-electron chi connectivity index (χ3n) is 3.21. The molecule has 0 amide bonds. The van der Waals surface area contributed by atoms with Crippen molar-refractivity contribution < 1.29 is 4.74 Å². The van der Waals surface area contributed by atoms with Crippen LogP contribution in [-0.4, -0.2) is 60.2 Å². The van der Waals surface area contributed by atoms with E-state index in [2.05, 4.69) is 34.3 Å². The van der Waals surface area contributed by atoms with Crippen molar-refractivity contribution in [2.24, 2.45) is 5.92 Å². The van der Waals surface area contributed by atoms with Crippen molar-refractivity contribution >= 4 is 17.6 Å². The van der Waals surface area contributed by atoms with Gasteiger partial charge >= 0.3 is 0 Å². The Bertz CT molecular complexity index is 399. The second-order valence-corrected chi connectivity index (χ2v) is 6.31. The van der Waals surface area contributed by atoms with Crippen molar-refractivity contribution in [2.45, 2.75) is 25.0 Å². The molecule has 0 saturated carbocycles. The van der Waals surface area contributed by atoms with Gasteiger partial charge < -0.3 is 10.1 Å². The van der Waals surface area contributed by atoms with Crippen molar-refractivity contribution in [1.82, 2.24) is 15.1 Å². The molecule has 1 aromatic rings. The van der Waals surface area contributed by atoms with Gasteiger partial charge in [-0.1, -0.05) is 13.8 Å². The predicted molar refractivity (Wildman–Crippen MR) is 83.3 cm³/mol. The molecule has 112 valence electrons. The van der Waals surface area contributed by atoms with Crippen molar-refractivity contribution in [3.63, 3.8) is 0 Å². The van der Waals surface area contributed by atoms with Gasteiger partial charge in [0, 0.05) is 26.2 Å². The average molecular weight is 296 g/mol. The van der Waals surface area contributed by atoms with Crippen LogP contribution in [-0.2, 0) is 4.74 Å². The zero-order valence-corrected chi connectivity index (χ0v) is 13.3. The smallest absolute Gasteiger partial charge is 0.148 e. The van der Waals surface area contributed by atoms with Crippen LogP contribution < -0.4 is 5.32 Å². The number of hydrogen-bond donors (Lipinski definition) is 1. The Balaban J connectivity index is 1.77. The van der Waals surface area contributed by atoms with E-state index in [0.717, 1.165) is 43.6 Å². The van der Waals surface area contributed by atoms with Gasteiger partial charge in [0.25, 0.3) is 0 Å². The molecular weight excluding hydrogens is 272 g/mol.